The van der Waals surface area contributed by atoms with Crippen molar-refractivity contribution < 1.29 is 9.21 Å². The summed E-state index contributed by atoms with van der Waals surface area (Å²) in [5, 5.41) is 9.99. The minimum atomic E-state index is -0.246. The molecule has 3 aromatic rings. The monoisotopic (exact) mass is 341 g/mol. The Hall–Kier alpha value is -3.10. The Labute approximate surface area is 144 Å². The van der Waals surface area contributed by atoms with Gasteiger partial charge in [0, 0.05) is 26.2 Å². The molecule has 2 N–H and O–H groups in total. The topological polar surface area (TPSA) is 101 Å². The highest BCUT2D eigenvalue weighted by atomic mass is 16.4. The van der Waals surface area contributed by atoms with Gasteiger partial charge < -0.3 is 20.0 Å². The number of urea groups is 1. The van der Waals surface area contributed by atoms with Gasteiger partial charge in [-0.1, -0.05) is 0 Å². The van der Waals surface area contributed by atoms with Crippen molar-refractivity contribution in [1.29, 1.82) is 0 Å². The van der Waals surface area contributed by atoms with Crippen LogP contribution in [0.5, 0.6) is 0 Å². The molecule has 3 heterocycles. The molecule has 0 saturated heterocycles. The summed E-state index contributed by atoms with van der Waals surface area (Å²) in [4.78, 5) is 22.6. The third kappa shape index (κ3) is 3.12. The number of hydrogen-bond donors (Lipinski definition) is 2. The van der Waals surface area contributed by atoms with Crippen LogP contribution in [0.4, 0.5) is 16.5 Å². The first kappa shape index (κ1) is 15.4. The Balaban J connectivity index is 1.41. The first-order chi connectivity index (χ1) is 12.1. The van der Waals surface area contributed by atoms with Crippen molar-refractivity contribution in [2.24, 2.45) is 0 Å². The zero-order chi connectivity index (χ0) is 17.4. The summed E-state index contributed by atoms with van der Waals surface area (Å²) < 4.78 is 7.44. The molecule has 0 spiro atoms. The molecule has 130 valence electrons. The number of carbonyl (C=O) groups is 1. The van der Waals surface area contributed by atoms with Crippen molar-refractivity contribution >= 4 is 28.8 Å². The summed E-state index contributed by atoms with van der Waals surface area (Å²) in [6.07, 6.45) is 3.21. The fraction of sp³-hybridized carbons (Fsp3) is 0.375. The largest absolute Gasteiger partial charge is 0.423 e. The number of aryl methyl sites for hydroxylation is 1. The normalized spacial score (nSPS) is 16.5. The number of fused-ring (bicyclic) bond motifs is 2. The molecule has 0 radical (unpaired) electrons. The molecule has 9 heteroatoms. The molecule has 1 aliphatic rings. The van der Waals surface area contributed by atoms with Crippen molar-refractivity contribution in [3.63, 3.8) is 0 Å². The Bertz CT molecular complexity index is 914. The summed E-state index contributed by atoms with van der Waals surface area (Å²) in [6.45, 7) is 0.636. The van der Waals surface area contributed by atoms with E-state index in [1.54, 1.807) is 29.4 Å². The molecule has 9 nitrogen and oxygen atoms in total. The summed E-state index contributed by atoms with van der Waals surface area (Å²) in [5.41, 5.74) is 2.05. The standard InChI is InChI=1S/C16H19N7O2/c1-22(2)16-21-12-7-10(3-5-13(12)25-16)19-15(24)20-11-4-6-14-17-9-18-23(14)8-11/h3,5,7,9,11H,4,6,8H2,1-2H3,(H2,19,20,24)/t11-/m1/s1. The summed E-state index contributed by atoms with van der Waals surface area (Å²) >= 11 is 0. The first-order valence-corrected chi connectivity index (χ1v) is 8.10. The lowest BCUT2D eigenvalue weighted by Gasteiger charge is -2.23. The fourth-order valence-corrected chi connectivity index (χ4v) is 2.89. The summed E-state index contributed by atoms with van der Waals surface area (Å²) in [5.74, 6) is 0.964. The molecule has 0 saturated carbocycles. The van der Waals surface area contributed by atoms with E-state index in [1.165, 1.54) is 0 Å². The highest BCUT2D eigenvalue weighted by molar-refractivity contribution is 5.92. The lowest BCUT2D eigenvalue weighted by Crippen LogP contribution is -2.43. The second-order valence-corrected chi connectivity index (χ2v) is 6.27. The number of amides is 2. The zero-order valence-electron chi connectivity index (χ0n) is 14.1. The van der Waals surface area contributed by atoms with Crippen molar-refractivity contribution in [1.82, 2.24) is 25.1 Å². The average molecular weight is 341 g/mol. The predicted octanol–water partition coefficient (Wildman–Crippen LogP) is 1.62. The number of oxazole rings is 1. The van der Waals surface area contributed by atoms with Gasteiger partial charge >= 0.3 is 6.03 Å². The molecule has 1 aromatic carbocycles. The molecule has 1 aliphatic heterocycles. The number of benzene rings is 1. The van der Waals surface area contributed by atoms with Crippen LogP contribution in [0.2, 0.25) is 0 Å². The molecule has 0 bridgehead atoms. The molecule has 1 atom stereocenters. The number of nitrogens with zero attached hydrogens (tertiary/aromatic N) is 5. The van der Waals surface area contributed by atoms with E-state index < -0.39 is 0 Å². The van der Waals surface area contributed by atoms with Crippen molar-refractivity contribution in [3.8, 4) is 0 Å². The first-order valence-electron chi connectivity index (χ1n) is 8.10. The Kier molecular flexibility index (Phi) is 3.75. The maximum atomic E-state index is 12.3. The smallest absolute Gasteiger partial charge is 0.319 e. The van der Waals surface area contributed by atoms with Gasteiger partial charge in [-0.25, -0.2) is 14.5 Å². The third-order valence-electron chi connectivity index (χ3n) is 4.16. The van der Waals surface area contributed by atoms with Crippen LogP contribution in [-0.4, -0.2) is 45.9 Å². The number of anilines is 2. The maximum Gasteiger partial charge on any atom is 0.319 e. The Morgan fingerprint density at radius 3 is 3.12 bits per heavy atom. The minimum Gasteiger partial charge on any atom is -0.423 e. The van der Waals surface area contributed by atoms with Gasteiger partial charge in [0.2, 0.25) is 0 Å². The van der Waals surface area contributed by atoms with E-state index in [1.807, 2.05) is 18.8 Å². The second kappa shape index (κ2) is 6.08. The molecule has 0 aliphatic carbocycles. The molecular weight excluding hydrogens is 322 g/mol. The van der Waals surface area contributed by atoms with E-state index in [9.17, 15) is 4.79 Å². The van der Waals surface area contributed by atoms with E-state index in [2.05, 4.69) is 25.7 Å². The summed E-state index contributed by atoms with van der Waals surface area (Å²) in [7, 11) is 3.73. The number of rotatable bonds is 3. The predicted molar refractivity (Wildman–Crippen MR) is 92.6 cm³/mol. The zero-order valence-corrected chi connectivity index (χ0v) is 14.1. The van der Waals surface area contributed by atoms with Crippen molar-refractivity contribution in [3.05, 3.63) is 30.4 Å². The highest BCUT2D eigenvalue weighted by Crippen LogP contribution is 2.23. The van der Waals surface area contributed by atoms with Crippen LogP contribution < -0.4 is 15.5 Å². The van der Waals surface area contributed by atoms with Gasteiger partial charge in [0.15, 0.2) is 5.58 Å². The Morgan fingerprint density at radius 2 is 2.28 bits per heavy atom. The summed E-state index contributed by atoms with van der Waals surface area (Å²) in [6, 6.07) is 5.70. The number of hydrogen-bond acceptors (Lipinski definition) is 6. The van der Waals surface area contributed by atoms with Crippen LogP contribution in [0, 0.1) is 0 Å². The molecule has 2 aromatic heterocycles. The molecule has 0 unspecified atom stereocenters. The van der Waals surface area contributed by atoms with Gasteiger partial charge in [0.25, 0.3) is 6.01 Å². The van der Waals surface area contributed by atoms with Crippen molar-refractivity contribution in [2.75, 3.05) is 24.3 Å². The van der Waals surface area contributed by atoms with Crippen LogP contribution in [0.3, 0.4) is 0 Å². The van der Waals surface area contributed by atoms with Crippen LogP contribution in [0.1, 0.15) is 12.2 Å². The van der Waals surface area contributed by atoms with Gasteiger partial charge in [-0.05, 0) is 24.6 Å². The van der Waals surface area contributed by atoms with Gasteiger partial charge in [0.05, 0.1) is 12.6 Å². The SMILES string of the molecule is CN(C)c1nc2cc(NC(=O)N[C@@H]3CCc4ncnn4C3)ccc2o1. The highest BCUT2D eigenvalue weighted by Gasteiger charge is 2.21. The van der Waals surface area contributed by atoms with Crippen LogP contribution in [0.25, 0.3) is 11.1 Å². The number of carbonyl (C=O) groups excluding carboxylic acids is 1. The quantitative estimate of drug-likeness (QED) is 0.751. The molecule has 2 amide bonds. The van der Waals surface area contributed by atoms with Gasteiger partial charge in [-0.3, -0.25) is 0 Å². The van der Waals surface area contributed by atoms with E-state index in [0.29, 0.717) is 29.3 Å². The number of nitrogens with one attached hydrogen (secondary N) is 2. The molecule has 4 rings (SSSR count). The lowest BCUT2D eigenvalue weighted by atomic mass is 10.1. The second-order valence-electron chi connectivity index (χ2n) is 6.27. The van der Waals surface area contributed by atoms with Gasteiger partial charge in [0.1, 0.15) is 17.7 Å². The average Bonchev–Trinajstić information content (AvgIpc) is 3.20. The fourth-order valence-electron chi connectivity index (χ4n) is 2.89. The minimum absolute atomic E-state index is 0.0327. The number of aromatic nitrogens is 4. The molecule has 25 heavy (non-hydrogen) atoms. The maximum absolute atomic E-state index is 12.3. The Morgan fingerprint density at radius 1 is 1.40 bits per heavy atom. The molecular formula is C16H19N7O2. The van der Waals surface area contributed by atoms with Crippen LogP contribution in [0.15, 0.2) is 28.9 Å². The van der Waals surface area contributed by atoms with Gasteiger partial charge in [-0.15, -0.1) is 0 Å². The third-order valence-corrected chi connectivity index (χ3v) is 4.16. The van der Waals surface area contributed by atoms with E-state index in [0.717, 1.165) is 18.7 Å². The van der Waals surface area contributed by atoms with E-state index >= 15 is 0 Å². The lowest BCUT2D eigenvalue weighted by molar-refractivity contribution is 0.243. The van der Waals surface area contributed by atoms with Crippen molar-refractivity contribution in [2.45, 2.75) is 25.4 Å². The van der Waals surface area contributed by atoms with Crippen LogP contribution >= 0.6 is 0 Å². The van der Waals surface area contributed by atoms with E-state index in [-0.39, 0.29) is 12.1 Å². The van der Waals surface area contributed by atoms with Gasteiger partial charge in [-0.2, -0.15) is 10.1 Å². The molecule has 0 fully saturated rings. The van der Waals surface area contributed by atoms with Crippen LogP contribution in [-0.2, 0) is 13.0 Å². The van der Waals surface area contributed by atoms with E-state index in [4.69, 9.17) is 4.42 Å².